The van der Waals surface area contributed by atoms with Gasteiger partial charge in [-0.15, -0.1) is 0 Å². The number of ether oxygens (including phenoxy) is 2. The Morgan fingerprint density at radius 1 is 1.21 bits per heavy atom. The molecule has 5 nitrogen and oxygen atoms in total. The molecule has 5 heteroatoms. The third kappa shape index (κ3) is 8.20. The Kier molecular flexibility index (Phi) is 9.92. The summed E-state index contributed by atoms with van der Waals surface area (Å²) in [5, 5.41) is 6.65. The lowest BCUT2D eigenvalue weighted by Crippen LogP contribution is -2.39. The van der Waals surface area contributed by atoms with Crippen LogP contribution in [0.3, 0.4) is 0 Å². The van der Waals surface area contributed by atoms with Crippen molar-refractivity contribution in [2.75, 3.05) is 40.5 Å². The number of methoxy groups -OCH3 is 1. The van der Waals surface area contributed by atoms with Gasteiger partial charge in [-0.05, 0) is 42.9 Å². The maximum absolute atomic E-state index is 5.57. The number of hydrogen-bond donors (Lipinski definition) is 2. The highest BCUT2D eigenvalue weighted by Gasteiger charge is 2.02. The number of rotatable bonds is 10. The number of aliphatic imine (C=N–C) groups is 1. The molecule has 0 aliphatic rings. The quantitative estimate of drug-likeness (QED) is 0.392. The Morgan fingerprint density at radius 2 is 1.96 bits per heavy atom. The molecule has 0 atom stereocenters. The Labute approximate surface area is 146 Å². The maximum atomic E-state index is 5.57. The summed E-state index contributed by atoms with van der Waals surface area (Å²) in [6, 6.07) is 6.33. The van der Waals surface area contributed by atoms with Crippen molar-refractivity contribution in [2.24, 2.45) is 10.9 Å². The summed E-state index contributed by atoms with van der Waals surface area (Å²) in [5.41, 5.74) is 2.41. The van der Waals surface area contributed by atoms with E-state index in [2.05, 4.69) is 54.6 Å². The van der Waals surface area contributed by atoms with Gasteiger partial charge in [-0.3, -0.25) is 4.99 Å². The third-order valence-electron chi connectivity index (χ3n) is 3.61. The Bertz CT molecular complexity index is 501. The fourth-order valence-electron chi connectivity index (χ4n) is 2.27. The number of aryl methyl sites for hydroxylation is 1. The molecule has 1 rings (SSSR count). The Hall–Kier alpha value is -1.75. The molecule has 0 saturated carbocycles. The topological polar surface area (TPSA) is 54.9 Å². The van der Waals surface area contributed by atoms with Crippen LogP contribution in [0.4, 0.5) is 0 Å². The predicted octanol–water partition coefficient (Wildman–Crippen LogP) is 2.77. The Balaban J connectivity index is 2.22. The molecule has 2 N–H and O–H groups in total. The normalized spacial score (nSPS) is 11.7. The summed E-state index contributed by atoms with van der Waals surface area (Å²) in [4.78, 5) is 4.24. The highest BCUT2D eigenvalue weighted by Crippen LogP contribution is 2.18. The first-order valence-corrected chi connectivity index (χ1v) is 8.72. The molecule has 0 radical (unpaired) electrons. The van der Waals surface area contributed by atoms with Crippen LogP contribution in [0.1, 0.15) is 31.4 Å². The lowest BCUT2D eigenvalue weighted by atomic mass is 10.1. The van der Waals surface area contributed by atoms with Crippen LogP contribution in [0.25, 0.3) is 0 Å². The highest BCUT2D eigenvalue weighted by molar-refractivity contribution is 5.79. The van der Waals surface area contributed by atoms with Crippen molar-refractivity contribution in [1.82, 2.24) is 10.6 Å². The van der Waals surface area contributed by atoms with Gasteiger partial charge in [0, 0.05) is 33.4 Å². The first kappa shape index (κ1) is 20.3. The van der Waals surface area contributed by atoms with Crippen LogP contribution in [-0.4, -0.2) is 46.4 Å². The fraction of sp³-hybridized carbons (Fsp3) is 0.632. The standard InChI is InChI=1S/C19H33N3O2/c1-15(2)14-24-12-6-10-21-19(20-4)22-11-9-17-8-7-16(3)18(13-17)23-5/h7-8,13,15H,6,9-12,14H2,1-5H3,(H2,20,21,22). The summed E-state index contributed by atoms with van der Waals surface area (Å²) in [7, 11) is 3.50. The monoisotopic (exact) mass is 335 g/mol. The zero-order valence-corrected chi connectivity index (χ0v) is 15.8. The summed E-state index contributed by atoms with van der Waals surface area (Å²) in [5.74, 6) is 2.36. The second kappa shape index (κ2) is 11.7. The average Bonchev–Trinajstić information content (AvgIpc) is 2.57. The molecular formula is C19H33N3O2. The van der Waals surface area contributed by atoms with Crippen molar-refractivity contribution in [3.05, 3.63) is 29.3 Å². The molecule has 0 unspecified atom stereocenters. The summed E-state index contributed by atoms with van der Waals surface area (Å²) in [6.07, 6.45) is 1.90. The van der Waals surface area contributed by atoms with Crippen molar-refractivity contribution in [2.45, 2.75) is 33.6 Å². The lowest BCUT2D eigenvalue weighted by molar-refractivity contribution is 0.108. The zero-order valence-electron chi connectivity index (χ0n) is 15.8. The lowest BCUT2D eigenvalue weighted by Gasteiger charge is -2.13. The number of guanidine groups is 1. The Morgan fingerprint density at radius 3 is 2.62 bits per heavy atom. The minimum absolute atomic E-state index is 0.591. The van der Waals surface area contributed by atoms with Gasteiger partial charge in [-0.25, -0.2) is 0 Å². The van der Waals surface area contributed by atoms with Gasteiger partial charge >= 0.3 is 0 Å². The smallest absolute Gasteiger partial charge is 0.190 e. The zero-order chi connectivity index (χ0) is 17.8. The van der Waals surface area contributed by atoms with Gasteiger partial charge in [-0.2, -0.15) is 0 Å². The van der Waals surface area contributed by atoms with E-state index in [9.17, 15) is 0 Å². The van der Waals surface area contributed by atoms with E-state index in [-0.39, 0.29) is 0 Å². The van der Waals surface area contributed by atoms with Crippen molar-refractivity contribution in [1.29, 1.82) is 0 Å². The SMILES string of the molecule is CN=C(NCCCOCC(C)C)NCCc1ccc(C)c(OC)c1. The van der Waals surface area contributed by atoms with E-state index in [1.54, 1.807) is 14.2 Å². The predicted molar refractivity (Wildman–Crippen MR) is 101 cm³/mol. The van der Waals surface area contributed by atoms with Crippen LogP contribution in [0.15, 0.2) is 23.2 Å². The van der Waals surface area contributed by atoms with Crippen molar-refractivity contribution in [3.63, 3.8) is 0 Å². The van der Waals surface area contributed by atoms with Gasteiger partial charge in [0.1, 0.15) is 5.75 Å². The summed E-state index contributed by atoms with van der Waals surface area (Å²) < 4.78 is 10.9. The molecule has 0 amide bonds. The van der Waals surface area contributed by atoms with Crippen LogP contribution in [0.5, 0.6) is 5.75 Å². The van der Waals surface area contributed by atoms with Gasteiger partial charge in [0.15, 0.2) is 5.96 Å². The molecule has 0 aliphatic heterocycles. The van der Waals surface area contributed by atoms with Gasteiger partial charge < -0.3 is 20.1 Å². The highest BCUT2D eigenvalue weighted by atomic mass is 16.5. The second-order valence-corrected chi connectivity index (χ2v) is 6.30. The summed E-state index contributed by atoms with van der Waals surface area (Å²) >= 11 is 0. The van der Waals surface area contributed by atoms with E-state index in [1.807, 2.05) is 0 Å². The van der Waals surface area contributed by atoms with E-state index in [4.69, 9.17) is 9.47 Å². The molecular weight excluding hydrogens is 302 g/mol. The second-order valence-electron chi connectivity index (χ2n) is 6.30. The van der Waals surface area contributed by atoms with Crippen molar-refractivity contribution in [3.8, 4) is 5.75 Å². The van der Waals surface area contributed by atoms with E-state index >= 15 is 0 Å². The van der Waals surface area contributed by atoms with Crippen molar-refractivity contribution < 1.29 is 9.47 Å². The molecule has 0 saturated heterocycles. The summed E-state index contributed by atoms with van der Waals surface area (Å²) in [6.45, 7) is 9.67. The van der Waals surface area contributed by atoms with Crippen molar-refractivity contribution >= 4 is 5.96 Å². The van der Waals surface area contributed by atoms with Crippen LogP contribution in [0, 0.1) is 12.8 Å². The molecule has 136 valence electrons. The van der Waals surface area contributed by atoms with E-state index in [1.165, 1.54) is 5.56 Å². The molecule has 24 heavy (non-hydrogen) atoms. The largest absolute Gasteiger partial charge is 0.496 e. The molecule has 0 aliphatic carbocycles. The minimum atomic E-state index is 0.591. The molecule has 0 bridgehead atoms. The maximum Gasteiger partial charge on any atom is 0.190 e. The van der Waals surface area contributed by atoms with Crippen LogP contribution < -0.4 is 15.4 Å². The molecule has 0 fully saturated rings. The van der Waals surface area contributed by atoms with E-state index < -0.39 is 0 Å². The van der Waals surface area contributed by atoms with Gasteiger partial charge in [0.25, 0.3) is 0 Å². The van der Waals surface area contributed by atoms with Gasteiger partial charge in [-0.1, -0.05) is 26.0 Å². The van der Waals surface area contributed by atoms with E-state index in [0.29, 0.717) is 5.92 Å². The number of benzene rings is 1. The number of nitrogens with one attached hydrogen (secondary N) is 2. The van der Waals surface area contributed by atoms with Crippen LogP contribution >= 0.6 is 0 Å². The minimum Gasteiger partial charge on any atom is -0.496 e. The molecule has 0 heterocycles. The first-order valence-electron chi connectivity index (χ1n) is 8.72. The van der Waals surface area contributed by atoms with Gasteiger partial charge in [0.2, 0.25) is 0 Å². The average molecular weight is 335 g/mol. The molecule has 1 aromatic rings. The van der Waals surface area contributed by atoms with Crippen LogP contribution in [0.2, 0.25) is 0 Å². The molecule has 1 aromatic carbocycles. The number of hydrogen-bond acceptors (Lipinski definition) is 3. The van der Waals surface area contributed by atoms with Crippen LogP contribution in [-0.2, 0) is 11.2 Å². The molecule has 0 aromatic heterocycles. The fourth-order valence-corrected chi connectivity index (χ4v) is 2.27. The number of nitrogens with zero attached hydrogens (tertiary/aromatic N) is 1. The molecule has 0 spiro atoms. The first-order chi connectivity index (χ1) is 11.6. The van der Waals surface area contributed by atoms with E-state index in [0.717, 1.165) is 56.4 Å². The van der Waals surface area contributed by atoms with Gasteiger partial charge in [0.05, 0.1) is 7.11 Å². The third-order valence-corrected chi connectivity index (χ3v) is 3.61.